The molecule has 2 N–H and O–H groups in total. The second-order valence-electron chi connectivity index (χ2n) is 7.03. The van der Waals surface area contributed by atoms with E-state index in [2.05, 4.69) is 58.4 Å². The summed E-state index contributed by atoms with van der Waals surface area (Å²) >= 11 is 0. The molecule has 1 aromatic rings. The summed E-state index contributed by atoms with van der Waals surface area (Å²) in [4.78, 5) is 11.4. The minimum absolute atomic E-state index is 0. The maximum Gasteiger partial charge on any atom is 0.191 e. The maximum absolute atomic E-state index is 4.66. The summed E-state index contributed by atoms with van der Waals surface area (Å²) in [5.41, 5.74) is 1.17. The first-order valence-corrected chi connectivity index (χ1v) is 9.27. The largest absolute Gasteiger partial charge is 0.357 e. The van der Waals surface area contributed by atoms with Crippen molar-refractivity contribution in [3.05, 3.63) is 23.9 Å². The molecular formula is C19H34IN5. The van der Waals surface area contributed by atoms with E-state index in [0.29, 0.717) is 12.0 Å². The van der Waals surface area contributed by atoms with Crippen molar-refractivity contribution in [2.75, 3.05) is 25.0 Å². The smallest absolute Gasteiger partial charge is 0.191 e. The van der Waals surface area contributed by atoms with E-state index in [4.69, 9.17) is 0 Å². The van der Waals surface area contributed by atoms with Crippen LogP contribution in [-0.2, 0) is 6.54 Å². The summed E-state index contributed by atoms with van der Waals surface area (Å²) in [5, 5.41) is 6.78. The van der Waals surface area contributed by atoms with Crippen LogP contribution in [0, 0.1) is 5.92 Å². The van der Waals surface area contributed by atoms with Gasteiger partial charge in [-0.1, -0.05) is 32.8 Å². The van der Waals surface area contributed by atoms with Gasteiger partial charge in [-0.3, -0.25) is 4.99 Å². The van der Waals surface area contributed by atoms with Gasteiger partial charge in [-0.25, -0.2) is 4.98 Å². The lowest BCUT2D eigenvalue weighted by Crippen LogP contribution is -2.43. The third-order valence-corrected chi connectivity index (χ3v) is 4.79. The van der Waals surface area contributed by atoms with Gasteiger partial charge in [-0.2, -0.15) is 0 Å². The molecule has 0 radical (unpaired) electrons. The first kappa shape index (κ1) is 22.0. The highest BCUT2D eigenvalue weighted by Gasteiger charge is 2.11. The number of rotatable bonds is 5. The molecule has 5 nitrogen and oxygen atoms in total. The number of hydrogen-bond donors (Lipinski definition) is 2. The van der Waals surface area contributed by atoms with Crippen molar-refractivity contribution in [3.63, 3.8) is 0 Å². The van der Waals surface area contributed by atoms with Gasteiger partial charge in [0.25, 0.3) is 0 Å². The van der Waals surface area contributed by atoms with Crippen LogP contribution in [-0.4, -0.2) is 37.1 Å². The molecule has 0 saturated carbocycles. The van der Waals surface area contributed by atoms with Gasteiger partial charge in [0.05, 0.1) is 0 Å². The Morgan fingerprint density at radius 2 is 1.84 bits per heavy atom. The van der Waals surface area contributed by atoms with Crippen molar-refractivity contribution in [2.24, 2.45) is 10.9 Å². The van der Waals surface area contributed by atoms with Gasteiger partial charge < -0.3 is 15.5 Å². The molecule has 1 unspecified atom stereocenters. The van der Waals surface area contributed by atoms with Gasteiger partial charge in [-0.15, -0.1) is 24.0 Å². The SMILES string of the molecule is CN=C(NCc1ccc(N2CCCCCC2)nc1)NC(C)C(C)C.I. The van der Waals surface area contributed by atoms with Gasteiger partial charge in [0.1, 0.15) is 5.82 Å². The number of hydrogen-bond acceptors (Lipinski definition) is 3. The highest BCUT2D eigenvalue weighted by molar-refractivity contribution is 14.0. The highest BCUT2D eigenvalue weighted by atomic mass is 127. The summed E-state index contributed by atoms with van der Waals surface area (Å²) in [6, 6.07) is 4.70. The molecule has 1 aliphatic heterocycles. The van der Waals surface area contributed by atoms with Gasteiger partial charge >= 0.3 is 0 Å². The monoisotopic (exact) mass is 459 g/mol. The minimum atomic E-state index is 0. The average molecular weight is 459 g/mol. The van der Waals surface area contributed by atoms with Crippen LogP contribution < -0.4 is 15.5 Å². The molecule has 0 amide bonds. The first-order chi connectivity index (χ1) is 11.6. The van der Waals surface area contributed by atoms with Gasteiger partial charge in [0.15, 0.2) is 5.96 Å². The van der Waals surface area contributed by atoms with Crippen molar-refractivity contribution in [3.8, 4) is 0 Å². The van der Waals surface area contributed by atoms with Crippen molar-refractivity contribution >= 4 is 35.8 Å². The molecule has 1 aromatic heterocycles. The number of halogens is 1. The van der Waals surface area contributed by atoms with Crippen molar-refractivity contribution in [2.45, 2.75) is 59.0 Å². The second kappa shape index (κ2) is 11.5. The summed E-state index contributed by atoms with van der Waals surface area (Å²) in [5.74, 6) is 2.52. The zero-order chi connectivity index (χ0) is 17.4. The molecule has 1 aliphatic rings. The number of nitrogens with one attached hydrogen (secondary N) is 2. The van der Waals surface area contributed by atoms with E-state index in [-0.39, 0.29) is 24.0 Å². The van der Waals surface area contributed by atoms with E-state index < -0.39 is 0 Å². The third kappa shape index (κ3) is 7.38. The molecule has 25 heavy (non-hydrogen) atoms. The van der Waals surface area contributed by atoms with Crippen molar-refractivity contribution in [1.29, 1.82) is 0 Å². The second-order valence-corrected chi connectivity index (χ2v) is 7.03. The average Bonchev–Trinajstić information content (AvgIpc) is 2.88. The van der Waals surface area contributed by atoms with Gasteiger partial charge in [-0.05, 0) is 37.3 Å². The predicted octanol–water partition coefficient (Wildman–Crippen LogP) is 3.79. The number of nitrogens with zero attached hydrogens (tertiary/aromatic N) is 3. The van der Waals surface area contributed by atoms with Crippen LogP contribution in [0.15, 0.2) is 23.3 Å². The molecular weight excluding hydrogens is 425 g/mol. The van der Waals surface area contributed by atoms with Gasteiger partial charge in [0, 0.05) is 38.9 Å². The fraction of sp³-hybridized carbons (Fsp3) is 0.684. The molecule has 0 aromatic carbocycles. The Morgan fingerprint density at radius 1 is 1.16 bits per heavy atom. The minimum Gasteiger partial charge on any atom is -0.357 e. The lowest BCUT2D eigenvalue weighted by atomic mass is 10.1. The highest BCUT2D eigenvalue weighted by Crippen LogP contribution is 2.17. The normalized spacial score (nSPS) is 16.8. The number of guanidine groups is 1. The van der Waals surface area contributed by atoms with E-state index in [1.165, 1.54) is 31.2 Å². The Morgan fingerprint density at radius 3 is 2.36 bits per heavy atom. The van der Waals surface area contributed by atoms with E-state index in [9.17, 15) is 0 Å². The number of aromatic nitrogens is 1. The standard InChI is InChI=1S/C19H33N5.HI/c1-15(2)16(3)23-19(20-4)22-14-17-9-10-18(21-13-17)24-11-7-5-6-8-12-24;/h9-10,13,15-16H,5-8,11-12,14H2,1-4H3,(H2,20,22,23);1H. The molecule has 0 aliphatic carbocycles. The zero-order valence-electron chi connectivity index (χ0n) is 16.1. The van der Waals surface area contributed by atoms with Crippen LogP contribution in [0.3, 0.4) is 0 Å². The van der Waals surface area contributed by atoms with Crippen LogP contribution in [0.5, 0.6) is 0 Å². The maximum atomic E-state index is 4.66. The van der Waals surface area contributed by atoms with Crippen LogP contribution in [0.25, 0.3) is 0 Å². The molecule has 0 bridgehead atoms. The van der Waals surface area contributed by atoms with E-state index in [1.807, 2.05) is 13.2 Å². The predicted molar refractivity (Wildman–Crippen MR) is 118 cm³/mol. The summed E-state index contributed by atoms with van der Waals surface area (Å²) < 4.78 is 0. The Balaban J connectivity index is 0.00000312. The van der Waals surface area contributed by atoms with Crippen molar-refractivity contribution in [1.82, 2.24) is 15.6 Å². The Hall–Kier alpha value is -1.05. The van der Waals surface area contributed by atoms with Crippen LogP contribution >= 0.6 is 24.0 Å². The van der Waals surface area contributed by atoms with E-state index in [0.717, 1.165) is 31.4 Å². The zero-order valence-corrected chi connectivity index (χ0v) is 18.4. The number of pyridine rings is 1. The lowest BCUT2D eigenvalue weighted by Gasteiger charge is -2.22. The quantitative estimate of drug-likeness (QED) is 0.400. The Kier molecular flexibility index (Phi) is 10.2. The number of aliphatic imine (C=N–C) groups is 1. The fourth-order valence-electron chi connectivity index (χ4n) is 2.77. The van der Waals surface area contributed by atoms with Crippen molar-refractivity contribution < 1.29 is 0 Å². The molecule has 1 saturated heterocycles. The van der Waals surface area contributed by atoms with Gasteiger partial charge in [0.2, 0.25) is 0 Å². The summed E-state index contributed by atoms with van der Waals surface area (Å²) in [7, 11) is 1.81. The molecule has 2 heterocycles. The topological polar surface area (TPSA) is 52.6 Å². The molecule has 0 spiro atoms. The first-order valence-electron chi connectivity index (χ1n) is 9.27. The van der Waals surface area contributed by atoms with Crippen LogP contribution in [0.4, 0.5) is 5.82 Å². The fourth-order valence-corrected chi connectivity index (χ4v) is 2.77. The Bertz CT molecular complexity index is 507. The number of anilines is 1. The summed E-state index contributed by atoms with van der Waals surface area (Å²) in [6.45, 7) is 9.59. The molecule has 2 rings (SSSR count). The van der Waals surface area contributed by atoms with E-state index >= 15 is 0 Å². The molecule has 1 fully saturated rings. The Labute approximate surface area is 170 Å². The lowest BCUT2D eigenvalue weighted by molar-refractivity contribution is 0.481. The summed E-state index contributed by atoms with van der Waals surface area (Å²) in [6.07, 6.45) is 7.23. The molecule has 1 atom stereocenters. The molecule has 6 heteroatoms. The van der Waals surface area contributed by atoms with Crippen LogP contribution in [0.1, 0.15) is 52.0 Å². The molecule has 142 valence electrons. The van der Waals surface area contributed by atoms with E-state index in [1.54, 1.807) is 0 Å². The third-order valence-electron chi connectivity index (χ3n) is 4.79. The van der Waals surface area contributed by atoms with Crippen LogP contribution in [0.2, 0.25) is 0 Å².